The molecular formula is C47H76N2O2. The van der Waals surface area contributed by atoms with Gasteiger partial charge in [0, 0.05) is 35.3 Å². The first-order chi connectivity index (χ1) is 24.0. The highest BCUT2D eigenvalue weighted by Crippen LogP contribution is 2.45. The van der Waals surface area contributed by atoms with Crippen LogP contribution in [-0.2, 0) is 9.57 Å². The van der Waals surface area contributed by atoms with Gasteiger partial charge < -0.3 is 4.74 Å². The summed E-state index contributed by atoms with van der Waals surface area (Å²) in [5, 5.41) is 2.31. The van der Waals surface area contributed by atoms with E-state index in [4.69, 9.17) is 9.57 Å². The van der Waals surface area contributed by atoms with Crippen molar-refractivity contribution in [2.45, 2.75) is 193 Å². The van der Waals surface area contributed by atoms with Gasteiger partial charge in [-0.25, -0.2) is 0 Å². The lowest BCUT2D eigenvalue weighted by molar-refractivity contribution is -0.310. The van der Waals surface area contributed by atoms with E-state index in [9.17, 15) is 0 Å². The van der Waals surface area contributed by atoms with Gasteiger partial charge in [-0.15, -0.1) is 0 Å². The Kier molecular flexibility index (Phi) is 15.0. The van der Waals surface area contributed by atoms with Crippen LogP contribution in [-0.4, -0.2) is 51.4 Å². The topological polar surface area (TPSA) is 24.9 Å². The molecule has 2 unspecified atom stereocenters. The molecule has 0 bridgehead atoms. The first-order valence-electron chi connectivity index (χ1n) is 20.6. The molecule has 2 atom stereocenters. The maximum atomic E-state index is 6.67. The number of rotatable bonds is 19. The lowest BCUT2D eigenvalue weighted by Gasteiger charge is -2.56. The van der Waals surface area contributed by atoms with Crippen molar-refractivity contribution in [2.24, 2.45) is 5.92 Å². The van der Waals surface area contributed by atoms with Crippen molar-refractivity contribution in [1.29, 1.82) is 0 Å². The second-order valence-corrected chi connectivity index (χ2v) is 19.0. The number of unbranched alkanes of at least 4 members (excludes halogenated alkanes) is 6. The molecule has 4 heteroatoms. The van der Waals surface area contributed by atoms with Crippen molar-refractivity contribution >= 4 is 0 Å². The number of hydroxylamine groups is 2. The van der Waals surface area contributed by atoms with E-state index in [1.54, 1.807) is 0 Å². The highest BCUT2D eigenvalue weighted by atomic mass is 16.7. The molecule has 0 N–H and O–H groups in total. The molecule has 4 rings (SSSR count). The first-order valence-corrected chi connectivity index (χ1v) is 20.6. The van der Waals surface area contributed by atoms with Crippen LogP contribution in [0, 0.1) is 5.92 Å². The summed E-state index contributed by atoms with van der Waals surface area (Å²) >= 11 is 0. The van der Waals surface area contributed by atoms with Crippen molar-refractivity contribution < 1.29 is 9.57 Å². The molecule has 2 aliphatic heterocycles. The number of allylic oxidation sites excluding steroid dienone is 1. The monoisotopic (exact) mass is 701 g/mol. The predicted octanol–water partition coefficient (Wildman–Crippen LogP) is 12.9. The van der Waals surface area contributed by atoms with Crippen molar-refractivity contribution in [2.75, 3.05) is 13.2 Å². The standard InChI is InChI=1S/C47H76N2O2/c1-37(31-40-32-46(8,9)49(47(10,11)33-40)51-39(3)42-28-22-18-23-29-42)25-19-15-13-12-14-16-24-30-50-43-34-44(4,5)48(45(6,7)35-43)36-38(2)41-26-20-17-21-27-41/h17-18,20-23,26-29,38-40,43H,1,12-16,19,24-25,30-36H2,2-11H3. The van der Waals surface area contributed by atoms with Gasteiger partial charge in [-0.2, -0.15) is 5.06 Å². The Morgan fingerprint density at radius 3 is 1.71 bits per heavy atom. The minimum absolute atomic E-state index is 0.0208. The average molecular weight is 701 g/mol. The number of likely N-dealkylation sites (tertiary alicyclic amines) is 1. The predicted molar refractivity (Wildman–Crippen MR) is 218 cm³/mol. The van der Waals surface area contributed by atoms with Gasteiger partial charge in [-0.3, -0.25) is 9.74 Å². The Morgan fingerprint density at radius 2 is 1.16 bits per heavy atom. The Balaban J connectivity index is 1.06. The highest BCUT2D eigenvalue weighted by Gasteiger charge is 2.48. The van der Waals surface area contributed by atoms with Crippen LogP contribution in [0.2, 0.25) is 0 Å². The molecule has 286 valence electrons. The Bertz CT molecular complexity index is 1280. The zero-order valence-corrected chi connectivity index (χ0v) is 34.6. The van der Waals surface area contributed by atoms with Gasteiger partial charge >= 0.3 is 0 Å². The van der Waals surface area contributed by atoms with Crippen LogP contribution in [0.25, 0.3) is 0 Å². The van der Waals surface area contributed by atoms with E-state index >= 15 is 0 Å². The molecule has 0 aromatic heterocycles. The second-order valence-electron chi connectivity index (χ2n) is 19.0. The zero-order valence-electron chi connectivity index (χ0n) is 34.6. The zero-order chi connectivity index (χ0) is 37.3. The number of piperidine rings is 2. The summed E-state index contributed by atoms with van der Waals surface area (Å²) in [6.07, 6.45) is 16.3. The molecule has 0 spiro atoms. The van der Waals surface area contributed by atoms with Crippen LogP contribution >= 0.6 is 0 Å². The van der Waals surface area contributed by atoms with E-state index in [2.05, 4.69) is 146 Å². The number of nitrogens with zero attached hydrogens (tertiary/aromatic N) is 2. The van der Waals surface area contributed by atoms with Crippen LogP contribution < -0.4 is 0 Å². The molecular weight excluding hydrogens is 625 g/mol. The van der Waals surface area contributed by atoms with E-state index in [1.807, 2.05) is 0 Å². The van der Waals surface area contributed by atoms with Crippen LogP contribution in [0.4, 0.5) is 0 Å². The van der Waals surface area contributed by atoms with E-state index in [0.29, 0.717) is 17.9 Å². The minimum atomic E-state index is -0.0208. The van der Waals surface area contributed by atoms with E-state index < -0.39 is 0 Å². The summed E-state index contributed by atoms with van der Waals surface area (Å²) in [5.74, 6) is 1.18. The third kappa shape index (κ3) is 12.3. The lowest BCUT2D eigenvalue weighted by atomic mass is 9.73. The molecule has 2 saturated heterocycles. The Hall–Kier alpha value is -1.98. The average Bonchev–Trinajstić information content (AvgIpc) is 3.05. The summed E-state index contributed by atoms with van der Waals surface area (Å²) in [4.78, 5) is 9.42. The van der Waals surface area contributed by atoms with Gasteiger partial charge in [0.15, 0.2) is 0 Å². The molecule has 0 aliphatic carbocycles. The van der Waals surface area contributed by atoms with E-state index in [-0.39, 0.29) is 28.3 Å². The van der Waals surface area contributed by atoms with E-state index in [1.165, 1.54) is 68.1 Å². The quantitative estimate of drug-likeness (QED) is 0.108. The van der Waals surface area contributed by atoms with Crippen LogP contribution in [0.15, 0.2) is 72.8 Å². The molecule has 0 radical (unpaired) electrons. The van der Waals surface area contributed by atoms with E-state index in [0.717, 1.165) is 45.3 Å². The molecule has 4 nitrogen and oxygen atoms in total. The van der Waals surface area contributed by atoms with Gasteiger partial charge in [0.2, 0.25) is 0 Å². The fourth-order valence-electron chi connectivity index (χ4n) is 9.96. The van der Waals surface area contributed by atoms with Crippen LogP contribution in [0.1, 0.15) is 176 Å². The van der Waals surface area contributed by atoms with Crippen molar-refractivity contribution in [1.82, 2.24) is 9.96 Å². The normalized spacial score (nSPS) is 22.1. The third-order valence-corrected chi connectivity index (χ3v) is 12.1. The first kappa shape index (κ1) is 41.8. The largest absolute Gasteiger partial charge is 0.378 e. The minimum Gasteiger partial charge on any atom is -0.378 e. The maximum absolute atomic E-state index is 6.67. The fraction of sp³-hybridized carbons (Fsp3) is 0.702. The van der Waals surface area contributed by atoms with Gasteiger partial charge in [-0.1, -0.05) is 112 Å². The molecule has 2 fully saturated rings. The molecule has 2 heterocycles. The number of benzene rings is 2. The van der Waals surface area contributed by atoms with Gasteiger partial charge in [0.1, 0.15) is 6.10 Å². The highest BCUT2D eigenvalue weighted by molar-refractivity contribution is 5.20. The summed E-state index contributed by atoms with van der Waals surface area (Å²) in [6, 6.07) is 21.6. The summed E-state index contributed by atoms with van der Waals surface area (Å²) in [5.41, 5.74) is 4.32. The van der Waals surface area contributed by atoms with Crippen molar-refractivity contribution in [3.63, 3.8) is 0 Å². The third-order valence-electron chi connectivity index (χ3n) is 12.1. The SMILES string of the molecule is C=C(CCCCCCCCCOC1CC(C)(C)N(CC(C)c2ccccc2)C(C)(C)C1)CC1CC(C)(C)N(OC(C)c2ccccc2)C(C)(C)C1. The number of hydrogen-bond donors (Lipinski definition) is 0. The summed E-state index contributed by atoms with van der Waals surface area (Å²) in [7, 11) is 0. The second kappa shape index (κ2) is 18.4. The molecule has 0 amide bonds. The lowest BCUT2D eigenvalue weighted by Crippen LogP contribution is -2.62. The Labute approximate surface area is 314 Å². The summed E-state index contributed by atoms with van der Waals surface area (Å²) in [6.45, 7) is 30.2. The number of ether oxygens (including phenoxy) is 1. The van der Waals surface area contributed by atoms with Crippen molar-refractivity contribution in [3.05, 3.63) is 83.9 Å². The Morgan fingerprint density at radius 1 is 0.667 bits per heavy atom. The van der Waals surface area contributed by atoms with Crippen LogP contribution in [0.3, 0.4) is 0 Å². The van der Waals surface area contributed by atoms with Gasteiger partial charge in [0.05, 0.1) is 6.10 Å². The molecule has 2 aliphatic rings. The molecule has 51 heavy (non-hydrogen) atoms. The fourth-order valence-corrected chi connectivity index (χ4v) is 9.96. The van der Waals surface area contributed by atoms with Gasteiger partial charge in [-0.05, 0) is 137 Å². The summed E-state index contributed by atoms with van der Waals surface area (Å²) < 4.78 is 6.55. The molecule has 0 saturated carbocycles. The number of hydrogen-bond acceptors (Lipinski definition) is 4. The van der Waals surface area contributed by atoms with Crippen molar-refractivity contribution in [3.8, 4) is 0 Å². The smallest absolute Gasteiger partial charge is 0.102 e. The molecule has 2 aromatic rings. The van der Waals surface area contributed by atoms with Gasteiger partial charge in [0.25, 0.3) is 0 Å². The van der Waals surface area contributed by atoms with Crippen LogP contribution in [0.5, 0.6) is 0 Å². The molecule has 2 aromatic carbocycles. The maximum Gasteiger partial charge on any atom is 0.102 e.